The molecule has 5 nitrogen and oxygen atoms in total. The molecule has 6 heteroatoms. The van der Waals surface area contributed by atoms with Crippen molar-refractivity contribution in [2.24, 2.45) is 5.73 Å². The molecule has 1 atom stereocenters. The molecule has 0 radical (unpaired) electrons. The number of esters is 1. The zero-order chi connectivity index (χ0) is 18.9. The third kappa shape index (κ3) is 5.82. The van der Waals surface area contributed by atoms with E-state index < -0.39 is 5.91 Å². The number of nitrogens with one attached hydrogen (secondary N) is 1. The lowest BCUT2D eigenvalue weighted by molar-refractivity contribution is -0.143. The number of carbonyl (C=O) groups excluding carboxylic acids is 2. The summed E-state index contributed by atoms with van der Waals surface area (Å²) in [4.78, 5) is 21.6. The number of nitrogens with two attached hydrogens (primary N) is 1. The van der Waals surface area contributed by atoms with Crippen LogP contribution in [0.3, 0.4) is 0 Å². The number of ether oxygens (including phenoxy) is 1. The van der Waals surface area contributed by atoms with Gasteiger partial charge < -0.3 is 15.8 Å². The van der Waals surface area contributed by atoms with E-state index in [1.165, 1.54) is 42.5 Å². The number of primary amides is 1. The van der Waals surface area contributed by atoms with Crippen molar-refractivity contribution in [2.45, 2.75) is 19.0 Å². The lowest BCUT2D eigenvalue weighted by Crippen LogP contribution is -2.42. The molecule has 1 heterocycles. The quantitative estimate of drug-likeness (QED) is 0.653. The van der Waals surface area contributed by atoms with Crippen LogP contribution in [-0.4, -0.2) is 25.0 Å². The van der Waals surface area contributed by atoms with Gasteiger partial charge in [0.15, 0.2) is 0 Å². The monoisotopic (exact) mass is 356 g/mol. The van der Waals surface area contributed by atoms with Crippen LogP contribution in [0.5, 0.6) is 0 Å². The van der Waals surface area contributed by atoms with Crippen molar-refractivity contribution in [1.82, 2.24) is 5.32 Å². The second kappa shape index (κ2) is 9.48. The van der Waals surface area contributed by atoms with E-state index in [9.17, 15) is 14.0 Å². The van der Waals surface area contributed by atoms with Crippen molar-refractivity contribution in [1.29, 1.82) is 0 Å². The zero-order valence-electron chi connectivity index (χ0n) is 14.4. The van der Waals surface area contributed by atoms with Gasteiger partial charge >= 0.3 is 5.97 Å². The van der Waals surface area contributed by atoms with Crippen LogP contribution in [0, 0.1) is 5.82 Å². The molecule has 3 N–H and O–H groups in total. The number of fused-ring (bicyclic) bond motifs is 1. The molecule has 0 spiro atoms. The summed E-state index contributed by atoms with van der Waals surface area (Å²) in [5.41, 5.74) is 8.12. The van der Waals surface area contributed by atoms with Crippen molar-refractivity contribution in [3.05, 3.63) is 77.1 Å². The molecule has 0 aliphatic carbocycles. The van der Waals surface area contributed by atoms with E-state index in [1.807, 2.05) is 12.1 Å². The highest BCUT2D eigenvalue weighted by Gasteiger charge is 2.23. The predicted molar refractivity (Wildman–Crippen MR) is 97.4 cm³/mol. The number of rotatable bonds is 3. The minimum Gasteiger partial charge on any atom is -0.468 e. The third-order valence-corrected chi connectivity index (χ3v) is 3.88. The second-order valence-corrected chi connectivity index (χ2v) is 5.72. The fourth-order valence-electron chi connectivity index (χ4n) is 2.52. The topological polar surface area (TPSA) is 81.4 Å². The molecule has 0 bridgehead atoms. The molecular weight excluding hydrogens is 335 g/mol. The van der Waals surface area contributed by atoms with Crippen LogP contribution >= 0.6 is 0 Å². The largest absolute Gasteiger partial charge is 0.468 e. The molecule has 0 saturated carbocycles. The number of amides is 1. The minimum atomic E-state index is -0.515. The van der Waals surface area contributed by atoms with Crippen LogP contribution in [0.15, 0.2) is 54.6 Å². The Bertz CT molecular complexity index is 788. The standard InChI is InChI=1S/C11H13NO2.C9H8FNO/c1-14-11(13)10-6-8-4-2-3-5-9(8)7-12-10;10-8-4-1-7(2-5-8)3-6-9(11)12/h2-5,10,12H,6-7H2,1H3;1-6H,(H2,11,12). The molecule has 2 aromatic carbocycles. The Hall–Kier alpha value is -2.99. The van der Waals surface area contributed by atoms with Gasteiger partial charge in [-0.2, -0.15) is 0 Å². The van der Waals surface area contributed by atoms with Crippen LogP contribution in [0.1, 0.15) is 16.7 Å². The molecule has 1 aliphatic rings. The summed E-state index contributed by atoms with van der Waals surface area (Å²) in [6.07, 6.45) is 3.48. The molecule has 0 aromatic heterocycles. The average molecular weight is 356 g/mol. The molecule has 0 saturated heterocycles. The van der Waals surface area contributed by atoms with Crippen LogP contribution in [-0.2, 0) is 27.3 Å². The smallest absolute Gasteiger partial charge is 0.323 e. The Morgan fingerprint density at radius 3 is 2.42 bits per heavy atom. The molecule has 1 amide bonds. The Morgan fingerprint density at radius 2 is 1.81 bits per heavy atom. The molecule has 26 heavy (non-hydrogen) atoms. The van der Waals surface area contributed by atoms with E-state index in [-0.39, 0.29) is 17.8 Å². The maximum atomic E-state index is 12.4. The zero-order valence-corrected chi connectivity index (χ0v) is 14.4. The molecule has 0 fully saturated rings. The van der Waals surface area contributed by atoms with Gasteiger partial charge in [0.2, 0.25) is 5.91 Å². The van der Waals surface area contributed by atoms with E-state index >= 15 is 0 Å². The van der Waals surface area contributed by atoms with Gasteiger partial charge in [0.25, 0.3) is 0 Å². The SMILES string of the molecule is COC(=O)C1Cc2ccccc2CN1.NC(=O)C=Cc1ccc(F)cc1. The van der Waals surface area contributed by atoms with Crippen LogP contribution < -0.4 is 11.1 Å². The Balaban J connectivity index is 0.000000190. The van der Waals surface area contributed by atoms with E-state index in [1.54, 1.807) is 12.1 Å². The van der Waals surface area contributed by atoms with Gasteiger partial charge in [0, 0.05) is 12.6 Å². The normalized spacial score (nSPS) is 15.5. The lowest BCUT2D eigenvalue weighted by atomic mass is 9.96. The second-order valence-electron chi connectivity index (χ2n) is 5.72. The first kappa shape index (κ1) is 19.3. The summed E-state index contributed by atoms with van der Waals surface area (Å²) in [6.45, 7) is 0.746. The first-order valence-electron chi connectivity index (χ1n) is 8.10. The summed E-state index contributed by atoms with van der Waals surface area (Å²) in [5.74, 6) is -0.995. The van der Waals surface area contributed by atoms with Gasteiger partial charge in [-0.3, -0.25) is 9.59 Å². The molecule has 1 unspecified atom stereocenters. The first-order valence-corrected chi connectivity index (χ1v) is 8.10. The maximum absolute atomic E-state index is 12.4. The average Bonchev–Trinajstić information content (AvgIpc) is 2.67. The number of halogens is 1. The Labute approximate surface area is 151 Å². The fraction of sp³-hybridized carbons (Fsp3) is 0.200. The highest BCUT2D eigenvalue weighted by Crippen LogP contribution is 2.16. The van der Waals surface area contributed by atoms with Gasteiger partial charge in [0.05, 0.1) is 7.11 Å². The van der Waals surface area contributed by atoms with Gasteiger partial charge in [-0.15, -0.1) is 0 Å². The van der Waals surface area contributed by atoms with Gasteiger partial charge in [-0.25, -0.2) is 4.39 Å². The summed E-state index contributed by atoms with van der Waals surface area (Å²) < 4.78 is 17.1. The fourth-order valence-corrected chi connectivity index (χ4v) is 2.52. The van der Waals surface area contributed by atoms with E-state index in [2.05, 4.69) is 17.4 Å². The molecular formula is C20H21FN2O3. The number of hydrogen-bond acceptors (Lipinski definition) is 4. The highest BCUT2D eigenvalue weighted by atomic mass is 19.1. The number of carbonyl (C=O) groups is 2. The number of hydrogen-bond donors (Lipinski definition) is 2. The molecule has 1 aliphatic heterocycles. The van der Waals surface area contributed by atoms with Gasteiger partial charge in [-0.1, -0.05) is 36.4 Å². The van der Waals surface area contributed by atoms with Crippen molar-refractivity contribution in [3.63, 3.8) is 0 Å². The van der Waals surface area contributed by atoms with Crippen LogP contribution in [0.25, 0.3) is 6.08 Å². The summed E-state index contributed by atoms with van der Waals surface area (Å²) in [6, 6.07) is 13.7. The van der Waals surface area contributed by atoms with Crippen molar-refractivity contribution in [3.8, 4) is 0 Å². The minimum absolute atomic E-state index is 0.181. The van der Waals surface area contributed by atoms with E-state index in [0.29, 0.717) is 0 Å². The molecule has 136 valence electrons. The molecule has 3 rings (SSSR count). The van der Waals surface area contributed by atoms with Crippen LogP contribution in [0.4, 0.5) is 4.39 Å². The molecule has 2 aromatic rings. The first-order chi connectivity index (χ1) is 12.5. The van der Waals surface area contributed by atoms with E-state index in [0.717, 1.165) is 18.5 Å². The summed E-state index contributed by atoms with van der Waals surface area (Å²) in [5, 5.41) is 3.15. The van der Waals surface area contributed by atoms with E-state index in [4.69, 9.17) is 10.5 Å². The maximum Gasteiger partial charge on any atom is 0.323 e. The van der Waals surface area contributed by atoms with Crippen molar-refractivity contribution >= 4 is 18.0 Å². The Morgan fingerprint density at radius 1 is 1.15 bits per heavy atom. The lowest BCUT2D eigenvalue weighted by Gasteiger charge is -2.23. The highest BCUT2D eigenvalue weighted by molar-refractivity contribution is 5.90. The van der Waals surface area contributed by atoms with Crippen molar-refractivity contribution in [2.75, 3.05) is 7.11 Å². The number of methoxy groups -OCH3 is 1. The number of benzene rings is 2. The predicted octanol–water partition coefficient (Wildman–Crippen LogP) is 2.20. The van der Waals surface area contributed by atoms with Crippen molar-refractivity contribution < 1.29 is 18.7 Å². The third-order valence-electron chi connectivity index (χ3n) is 3.88. The Kier molecular flexibility index (Phi) is 7.05. The summed E-state index contributed by atoms with van der Waals surface area (Å²) in [7, 11) is 1.42. The van der Waals surface area contributed by atoms with Gasteiger partial charge in [-0.05, 0) is 41.3 Å². The van der Waals surface area contributed by atoms with Gasteiger partial charge in [0.1, 0.15) is 11.9 Å². The van der Waals surface area contributed by atoms with Crippen LogP contribution in [0.2, 0.25) is 0 Å². The summed E-state index contributed by atoms with van der Waals surface area (Å²) >= 11 is 0.